The Labute approximate surface area is 112 Å². The summed E-state index contributed by atoms with van der Waals surface area (Å²) in [5, 5.41) is 3.84. The highest BCUT2D eigenvalue weighted by Crippen LogP contribution is 2.15. The maximum Gasteiger partial charge on any atom is 0.159 e. The first-order valence-corrected chi connectivity index (χ1v) is 5.68. The van der Waals surface area contributed by atoms with E-state index in [0.717, 1.165) is 18.2 Å². The zero-order valence-corrected chi connectivity index (χ0v) is 10.4. The van der Waals surface area contributed by atoms with Crippen LogP contribution in [0.5, 0.6) is 0 Å². The first-order chi connectivity index (χ1) is 9.47. The van der Waals surface area contributed by atoms with Crippen molar-refractivity contribution in [3.05, 3.63) is 65.2 Å². The standard InChI is InChI=1S/C14H10F4N2/c1-8(9-2-4-11(16)12(17)6-9)19-20-14-5-3-10(15)7-13(14)18/h2-7,20H,1H3/b19-8-. The van der Waals surface area contributed by atoms with Crippen LogP contribution in [0, 0.1) is 23.3 Å². The summed E-state index contributed by atoms with van der Waals surface area (Å²) in [7, 11) is 0. The Morgan fingerprint density at radius 2 is 1.65 bits per heavy atom. The SMILES string of the molecule is C/C(=N/Nc1ccc(F)cc1F)c1ccc(F)c(F)c1. The van der Waals surface area contributed by atoms with Gasteiger partial charge in [0.05, 0.1) is 11.4 Å². The number of benzene rings is 2. The average molecular weight is 282 g/mol. The molecule has 2 rings (SSSR count). The summed E-state index contributed by atoms with van der Waals surface area (Å²) >= 11 is 0. The van der Waals surface area contributed by atoms with Crippen molar-refractivity contribution in [3.63, 3.8) is 0 Å². The van der Waals surface area contributed by atoms with E-state index < -0.39 is 23.3 Å². The van der Waals surface area contributed by atoms with E-state index in [-0.39, 0.29) is 5.69 Å². The van der Waals surface area contributed by atoms with Gasteiger partial charge in [0, 0.05) is 11.6 Å². The van der Waals surface area contributed by atoms with E-state index in [1.807, 2.05) is 0 Å². The second-order valence-corrected chi connectivity index (χ2v) is 4.06. The van der Waals surface area contributed by atoms with Crippen LogP contribution in [-0.4, -0.2) is 5.71 Å². The fraction of sp³-hybridized carbons (Fsp3) is 0.0714. The van der Waals surface area contributed by atoms with Crippen molar-refractivity contribution >= 4 is 11.4 Å². The van der Waals surface area contributed by atoms with Crippen molar-refractivity contribution in [1.29, 1.82) is 0 Å². The third-order valence-electron chi connectivity index (χ3n) is 2.61. The van der Waals surface area contributed by atoms with Crippen LogP contribution in [0.2, 0.25) is 0 Å². The normalized spacial score (nSPS) is 11.6. The van der Waals surface area contributed by atoms with Crippen LogP contribution in [0.1, 0.15) is 12.5 Å². The third kappa shape index (κ3) is 3.14. The van der Waals surface area contributed by atoms with Gasteiger partial charge in [-0.2, -0.15) is 5.10 Å². The minimum absolute atomic E-state index is 0.0201. The summed E-state index contributed by atoms with van der Waals surface area (Å²) in [6.07, 6.45) is 0. The van der Waals surface area contributed by atoms with Gasteiger partial charge in [-0.1, -0.05) is 0 Å². The molecule has 0 fully saturated rings. The lowest BCUT2D eigenvalue weighted by Gasteiger charge is -2.05. The number of hydrogen-bond donors (Lipinski definition) is 1. The number of hydrogen-bond acceptors (Lipinski definition) is 2. The number of nitrogens with one attached hydrogen (secondary N) is 1. The number of hydrazone groups is 1. The number of halogens is 4. The van der Waals surface area contributed by atoms with Gasteiger partial charge in [-0.15, -0.1) is 0 Å². The Morgan fingerprint density at radius 1 is 0.900 bits per heavy atom. The first kappa shape index (κ1) is 14.0. The fourth-order valence-electron chi connectivity index (χ4n) is 1.51. The lowest BCUT2D eigenvalue weighted by molar-refractivity contribution is 0.508. The Hall–Kier alpha value is -2.37. The van der Waals surface area contributed by atoms with Crippen LogP contribution in [0.3, 0.4) is 0 Å². The molecule has 0 unspecified atom stereocenters. The van der Waals surface area contributed by atoms with E-state index in [1.165, 1.54) is 12.1 Å². The minimum Gasteiger partial charge on any atom is -0.275 e. The summed E-state index contributed by atoms with van der Waals surface area (Å²) < 4.78 is 51.9. The van der Waals surface area contributed by atoms with Crippen LogP contribution in [0.25, 0.3) is 0 Å². The second-order valence-electron chi connectivity index (χ2n) is 4.06. The summed E-state index contributed by atoms with van der Waals surface area (Å²) in [5.74, 6) is -3.45. The molecule has 0 amide bonds. The van der Waals surface area contributed by atoms with Crippen molar-refractivity contribution in [1.82, 2.24) is 0 Å². The largest absolute Gasteiger partial charge is 0.275 e. The number of nitrogens with zero attached hydrogens (tertiary/aromatic N) is 1. The van der Waals surface area contributed by atoms with Crippen molar-refractivity contribution in [2.45, 2.75) is 6.92 Å². The van der Waals surface area contributed by atoms with E-state index in [0.29, 0.717) is 17.3 Å². The lowest BCUT2D eigenvalue weighted by atomic mass is 10.1. The zero-order valence-electron chi connectivity index (χ0n) is 10.4. The lowest BCUT2D eigenvalue weighted by Crippen LogP contribution is -2.02. The number of anilines is 1. The fourth-order valence-corrected chi connectivity index (χ4v) is 1.51. The van der Waals surface area contributed by atoms with Crippen LogP contribution in [0.4, 0.5) is 23.2 Å². The smallest absolute Gasteiger partial charge is 0.159 e. The molecule has 2 aromatic carbocycles. The third-order valence-corrected chi connectivity index (χ3v) is 2.61. The van der Waals surface area contributed by atoms with E-state index in [2.05, 4.69) is 10.5 Å². The Morgan fingerprint density at radius 3 is 2.30 bits per heavy atom. The summed E-state index contributed by atoms with van der Waals surface area (Å²) in [6, 6.07) is 6.28. The van der Waals surface area contributed by atoms with Gasteiger partial charge in [0.1, 0.15) is 5.82 Å². The average Bonchev–Trinajstić information content (AvgIpc) is 2.40. The summed E-state index contributed by atoms with van der Waals surface area (Å²) in [6.45, 7) is 1.54. The van der Waals surface area contributed by atoms with Gasteiger partial charge in [-0.25, -0.2) is 17.6 Å². The van der Waals surface area contributed by atoms with Crippen LogP contribution >= 0.6 is 0 Å². The molecule has 2 nitrogen and oxygen atoms in total. The molecule has 0 heterocycles. The molecule has 20 heavy (non-hydrogen) atoms. The molecule has 0 aliphatic heterocycles. The molecule has 0 radical (unpaired) electrons. The van der Waals surface area contributed by atoms with Crippen molar-refractivity contribution < 1.29 is 17.6 Å². The molecule has 0 saturated heterocycles. The predicted molar refractivity (Wildman–Crippen MR) is 68.5 cm³/mol. The molecule has 6 heteroatoms. The highest BCUT2D eigenvalue weighted by Gasteiger charge is 2.06. The van der Waals surface area contributed by atoms with E-state index in [1.54, 1.807) is 6.92 Å². The quantitative estimate of drug-likeness (QED) is 0.512. The van der Waals surface area contributed by atoms with Crippen LogP contribution in [-0.2, 0) is 0 Å². The molecule has 0 atom stereocenters. The molecule has 0 saturated carbocycles. The van der Waals surface area contributed by atoms with Gasteiger partial charge >= 0.3 is 0 Å². The summed E-state index contributed by atoms with van der Waals surface area (Å²) in [5.41, 5.74) is 3.06. The van der Waals surface area contributed by atoms with Gasteiger partial charge in [0.2, 0.25) is 0 Å². The monoisotopic (exact) mass is 282 g/mol. The maximum atomic E-state index is 13.3. The van der Waals surface area contributed by atoms with Gasteiger partial charge in [0.15, 0.2) is 17.5 Å². The Bertz CT molecular complexity index is 668. The molecular formula is C14H10F4N2. The molecule has 0 aliphatic carbocycles. The topological polar surface area (TPSA) is 24.4 Å². The molecule has 2 aromatic rings. The number of rotatable bonds is 3. The Balaban J connectivity index is 2.20. The van der Waals surface area contributed by atoms with Crippen LogP contribution in [0.15, 0.2) is 41.5 Å². The molecule has 1 N–H and O–H groups in total. The van der Waals surface area contributed by atoms with E-state index in [9.17, 15) is 17.6 Å². The predicted octanol–water partition coefficient (Wildman–Crippen LogP) is 4.08. The molecule has 0 aromatic heterocycles. The molecule has 0 bridgehead atoms. The molecule has 0 spiro atoms. The highest BCUT2D eigenvalue weighted by molar-refractivity contribution is 5.99. The highest BCUT2D eigenvalue weighted by atomic mass is 19.2. The van der Waals surface area contributed by atoms with Gasteiger partial charge in [0.25, 0.3) is 0 Å². The van der Waals surface area contributed by atoms with Gasteiger partial charge in [-0.05, 0) is 37.3 Å². The van der Waals surface area contributed by atoms with Crippen molar-refractivity contribution in [2.24, 2.45) is 5.10 Å². The Kier molecular flexibility index (Phi) is 4.02. The molecule has 104 valence electrons. The molecule has 0 aliphatic rings. The summed E-state index contributed by atoms with van der Waals surface area (Å²) in [4.78, 5) is 0. The van der Waals surface area contributed by atoms with Gasteiger partial charge < -0.3 is 0 Å². The van der Waals surface area contributed by atoms with E-state index in [4.69, 9.17) is 0 Å². The minimum atomic E-state index is -0.995. The van der Waals surface area contributed by atoms with Crippen molar-refractivity contribution in [2.75, 3.05) is 5.43 Å². The first-order valence-electron chi connectivity index (χ1n) is 5.68. The maximum absolute atomic E-state index is 13.3. The molecular weight excluding hydrogens is 272 g/mol. The second kappa shape index (κ2) is 5.73. The van der Waals surface area contributed by atoms with E-state index >= 15 is 0 Å². The van der Waals surface area contributed by atoms with Crippen molar-refractivity contribution in [3.8, 4) is 0 Å². The zero-order chi connectivity index (χ0) is 14.7. The van der Waals surface area contributed by atoms with Crippen LogP contribution < -0.4 is 5.43 Å². The van der Waals surface area contributed by atoms with Gasteiger partial charge in [-0.3, -0.25) is 5.43 Å².